The molecule has 1 aliphatic rings. The highest BCUT2D eigenvalue weighted by molar-refractivity contribution is 7.99. The van der Waals surface area contributed by atoms with Crippen molar-refractivity contribution in [1.29, 1.82) is 0 Å². The number of aryl methyl sites for hydroxylation is 2. The number of rotatable bonds is 3. The summed E-state index contributed by atoms with van der Waals surface area (Å²) in [6.07, 6.45) is 0. The van der Waals surface area contributed by atoms with Gasteiger partial charge in [-0.2, -0.15) is 0 Å². The van der Waals surface area contributed by atoms with Gasteiger partial charge in [0.2, 0.25) is 0 Å². The Morgan fingerprint density at radius 1 is 1.05 bits per heavy atom. The van der Waals surface area contributed by atoms with Crippen molar-refractivity contribution in [3.05, 3.63) is 53.6 Å². The largest absolute Gasteiger partial charge is 0.368 e. The number of hydrogen-bond acceptors (Lipinski definition) is 3. The molecule has 2 aromatic rings. The standard InChI is InChI=1S/C18H22N2S/c1-14-7-8-17(15(2)13-14)21-18-6-4-3-5-16(18)20-11-9-19-10-12-20/h3-8,13,19H,9-12H2,1-2H3/i1D,2D. The molecular formula is C18H22N2S. The Hall–Kier alpha value is -1.45. The molecule has 2 nitrogen and oxygen atoms in total. The topological polar surface area (TPSA) is 15.3 Å². The summed E-state index contributed by atoms with van der Waals surface area (Å²) in [4.78, 5) is 4.79. The Balaban J connectivity index is 1.88. The Labute approximate surface area is 134 Å². The molecule has 1 fully saturated rings. The summed E-state index contributed by atoms with van der Waals surface area (Å²) in [6, 6.07) is 14.6. The predicted molar refractivity (Wildman–Crippen MR) is 91.6 cm³/mol. The molecule has 1 heterocycles. The normalized spacial score (nSPS) is 16.5. The number of piperazine rings is 1. The van der Waals surface area contributed by atoms with E-state index in [-0.39, 0.29) is 13.8 Å². The molecule has 2 aromatic carbocycles. The molecule has 0 bridgehead atoms. The number of para-hydroxylation sites is 1. The van der Waals surface area contributed by atoms with Crippen molar-refractivity contribution in [3.63, 3.8) is 0 Å². The zero-order chi connectivity index (χ0) is 16.1. The van der Waals surface area contributed by atoms with Crippen LogP contribution in [0.4, 0.5) is 5.69 Å². The molecule has 0 aliphatic carbocycles. The van der Waals surface area contributed by atoms with Crippen LogP contribution in [-0.4, -0.2) is 26.2 Å². The molecule has 0 spiro atoms. The fourth-order valence-electron chi connectivity index (χ4n) is 2.56. The molecule has 3 heteroatoms. The van der Waals surface area contributed by atoms with E-state index < -0.39 is 0 Å². The van der Waals surface area contributed by atoms with Gasteiger partial charge >= 0.3 is 0 Å². The summed E-state index contributed by atoms with van der Waals surface area (Å²) < 4.78 is 15.3. The lowest BCUT2D eigenvalue weighted by Gasteiger charge is -2.31. The van der Waals surface area contributed by atoms with E-state index in [1.165, 1.54) is 10.6 Å². The van der Waals surface area contributed by atoms with Crippen LogP contribution in [0.2, 0.25) is 0 Å². The minimum Gasteiger partial charge on any atom is -0.368 e. The van der Waals surface area contributed by atoms with Crippen molar-refractivity contribution in [3.8, 4) is 0 Å². The smallest absolute Gasteiger partial charge is 0.0508 e. The molecule has 0 aromatic heterocycles. The SMILES string of the molecule is [2H]Cc1ccc(Sc2ccccc2N2CCNCC2)c(C[2H])c1. The van der Waals surface area contributed by atoms with E-state index >= 15 is 0 Å². The van der Waals surface area contributed by atoms with Crippen LogP contribution in [0.1, 0.15) is 13.9 Å². The van der Waals surface area contributed by atoms with Crippen LogP contribution in [0.15, 0.2) is 52.3 Å². The third kappa shape index (κ3) is 3.42. The summed E-state index contributed by atoms with van der Waals surface area (Å²) >= 11 is 1.73. The predicted octanol–water partition coefficient (Wildman–Crippen LogP) is 3.86. The average Bonchev–Trinajstić information content (AvgIpc) is 2.63. The van der Waals surface area contributed by atoms with Gasteiger partial charge in [-0.1, -0.05) is 41.6 Å². The molecule has 1 N–H and O–H groups in total. The lowest BCUT2D eigenvalue weighted by molar-refractivity contribution is 0.587. The van der Waals surface area contributed by atoms with Gasteiger partial charge in [0, 0.05) is 38.7 Å². The number of nitrogens with zero attached hydrogens (tertiary/aromatic N) is 1. The zero-order valence-corrected chi connectivity index (χ0v) is 13.0. The van der Waals surface area contributed by atoms with Crippen molar-refractivity contribution in [2.75, 3.05) is 31.1 Å². The van der Waals surface area contributed by atoms with Crippen LogP contribution in [0.25, 0.3) is 0 Å². The van der Waals surface area contributed by atoms with Crippen LogP contribution in [0.3, 0.4) is 0 Å². The third-order valence-corrected chi connectivity index (χ3v) is 4.85. The van der Waals surface area contributed by atoms with Crippen LogP contribution in [0, 0.1) is 13.8 Å². The quantitative estimate of drug-likeness (QED) is 0.926. The van der Waals surface area contributed by atoms with Gasteiger partial charge in [0.1, 0.15) is 0 Å². The summed E-state index contributed by atoms with van der Waals surface area (Å²) in [5, 5.41) is 3.39. The van der Waals surface area contributed by atoms with Gasteiger partial charge in [0.15, 0.2) is 0 Å². The summed E-state index contributed by atoms with van der Waals surface area (Å²) in [7, 11) is 0. The van der Waals surface area contributed by atoms with Crippen molar-refractivity contribution in [1.82, 2.24) is 5.32 Å². The molecule has 110 valence electrons. The fraction of sp³-hybridized carbons (Fsp3) is 0.333. The molecule has 0 saturated carbocycles. The maximum absolute atomic E-state index is 7.78. The highest BCUT2D eigenvalue weighted by Crippen LogP contribution is 2.37. The van der Waals surface area contributed by atoms with E-state index in [0.29, 0.717) is 0 Å². The molecule has 0 radical (unpaired) electrons. The highest BCUT2D eigenvalue weighted by Gasteiger charge is 2.14. The van der Waals surface area contributed by atoms with Gasteiger partial charge in [-0.3, -0.25) is 0 Å². The number of nitrogens with one attached hydrogen (secondary N) is 1. The van der Waals surface area contributed by atoms with E-state index in [1.807, 2.05) is 12.1 Å². The molecular weight excluding hydrogens is 276 g/mol. The lowest BCUT2D eigenvalue weighted by Crippen LogP contribution is -2.43. The molecule has 1 aliphatic heterocycles. The minimum absolute atomic E-state index is 0.256. The second-order valence-corrected chi connectivity index (χ2v) is 6.33. The second kappa shape index (κ2) is 6.54. The van der Waals surface area contributed by atoms with E-state index in [4.69, 9.17) is 2.74 Å². The van der Waals surface area contributed by atoms with E-state index in [9.17, 15) is 0 Å². The molecule has 1 saturated heterocycles. The average molecular weight is 300 g/mol. The van der Waals surface area contributed by atoms with Crippen molar-refractivity contribution in [2.45, 2.75) is 23.6 Å². The first kappa shape index (κ1) is 12.1. The number of hydrogen-bond donors (Lipinski definition) is 1. The minimum atomic E-state index is 0.256. The van der Waals surface area contributed by atoms with Gasteiger partial charge in [-0.15, -0.1) is 0 Å². The van der Waals surface area contributed by atoms with E-state index in [1.54, 1.807) is 11.8 Å². The van der Waals surface area contributed by atoms with Crippen LogP contribution in [0.5, 0.6) is 0 Å². The number of anilines is 1. The second-order valence-electron chi connectivity index (χ2n) is 5.25. The maximum Gasteiger partial charge on any atom is 0.0508 e. The lowest BCUT2D eigenvalue weighted by atomic mass is 10.2. The zero-order valence-electron chi connectivity index (χ0n) is 14.1. The van der Waals surface area contributed by atoms with Gasteiger partial charge in [0.25, 0.3) is 0 Å². The van der Waals surface area contributed by atoms with E-state index in [2.05, 4.69) is 40.5 Å². The monoisotopic (exact) mass is 300 g/mol. The first-order valence-electron chi connectivity index (χ1n) is 8.66. The van der Waals surface area contributed by atoms with Crippen LogP contribution >= 0.6 is 11.8 Å². The Bertz CT molecular complexity index is 657. The molecule has 0 amide bonds. The van der Waals surface area contributed by atoms with Crippen molar-refractivity contribution >= 4 is 17.4 Å². The highest BCUT2D eigenvalue weighted by atomic mass is 32.2. The summed E-state index contributed by atoms with van der Waals surface area (Å²) in [5.74, 6) is 0. The molecule has 3 rings (SSSR count). The first-order chi connectivity index (χ1) is 11.3. The summed E-state index contributed by atoms with van der Waals surface area (Å²) in [5.41, 5.74) is 3.27. The van der Waals surface area contributed by atoms with Gasteiger partial charge in [-0.25, -0.2) is 0 Å². The van der Waals surface area contributed by atoms with Gasteiger partial charge in [0.05, 0.1) is 5.69 Å². The molecule has 0 unspecified atom stereocenters. The van der Waals surface area contributed by atoms with Gasteiger partial charge < -0.3 is 10.2 Å². The molecule has 0 atom stereocenters. The van der Waals surface area contributed by atoms with Gasteiger partial charge in [-0.05, 0) is 37.6 Å². The molecule has 21 heavy (non-hydrogen) atoms. The van der Waals surface area contributed by atoms with Crippen LogP contribution in [-0.2, 0) is 0 Å². The van der Waals surface area contributed by atoms with Crippen molar-refractivity contribution < 1.29 is 2.74 Å². The fourth-order valence-corrected chi connectivity index (χ4v) is 3.57. The third-order valence-electron chi connectivity index (χ3n) is 3.67. The Kier molecular flexibility index (Phi) is 3.78. The number of benzene rings is 2. The Morgan fingerprint density at radius 3 is 2.71 bits per heavy atom. The van der Waals surface area contributed by atoms with Crippen molar-refractivity contribution in [2.24, 2.45) is 0 Å². The Morgan fingerprint density at radius 2 is 1.90 bits per heavy atom. The maximum atomic E-state index is 7.78. The van der Waals surface area contributed by atoms with E-state index in [0.717, 1.165) is 42.2 Å². The summed E-state index contributed by atoms with van der Waals surface area (Å²) in [6.45, 7) is 4.63. The first-order valence-corrected chi connectivity index (χ1v) is 8.06. The van der Waals surface area contributed by atoms with Crippen LogP contribution < -0.4 is 10.2 Å².